The number of hydrogen-bond donors (Lipinski definition) is 1. The number of amides is 1. The quantitative estimate of drug-likeness (QED) is 0.853. The van der Waals surface area contributed by atoms with Crippen molar-refractivity contribution in [3.63, 3.8) is 0 Å². The van der Waals surface area contributed by atoms with E-state index in [0.29, 0.717) is 5.02 Å². The van der Waals surface area contributed by atoms with Gasteiger partial charge in [0.1, 0.15) is 0 Å². The molecule has 0 saturated carbocycles. The molecule has 1 fully saturated rings. The van der Waals surface area contributed by atoms with Crippen LogP contribution in [0.2, 0.25) is 5.02 Å². The fourth-order valence-electron chi connectivity index (χ4n) is 2.15. The number of carbonyl (C=O) groups excluding carboxylic acids is 1. The average molecular weight is 266 g/mol. The molecule has 0 radical (unpaired) electrons. The Labute approximate surface area is 112 Å². The van der Waals surface area contributed by atoms with Crippen LogP contribution in [-0.2, 0) is 4.79 Å². The normalized spacial score (nSPS) is 19.7. The van der Waals surface area contributed by atoms with E-state index in [-0.39, 0.29) is 18.6 Å². The van der Waals surface area contributed by atoms with Gasteiger partial charge in [-0.3, -0.25) is 4.79 Å². The van der Waals surface area contributed by atoms with Gasteiger partial charge in [0.15, 0.2) is 0 Å². The van der Waals surface area contributed by atoms with Crippen molar-refractivity contribution >= 4 is 23.6 Å². The summed E-state index contributed by atoms with van der Waals surface area (Å²) in [6.45, 7) is 0.773. The van der Waals surface area contributed by atoms with Crippen molar-refractivity contribution in [3.05, 3.63) is 40.9 Å². The van der Waals surface area contributed by atoms with Gasteiger partial charge in [-0.2, -0.15) is 0 Å². The van der Waals surface area contributed by atoms with Crippen LogP contribution in [0.4, 0.5) is 0 Å². The van der Waals surface area contributed by atoms with Crippen molar-refractivity contribution in [1.29, 1.82) is 0 Å². The number of likely N-dealkylation sites (tertiary alicyclic amines) is 1. The van der Waals surface area contributed by atoms with E-state index in [1.807, 2.05) is 12.1 Å². The van der Waals surface area contributed by atoms with Crippen LogP contribution in [0, 0.1) is 0 Å². The second-order valence-corrected chi connectivity index (χ2v) is 4.83. The fraction of sp³-hybridized carbons (Fsp3) is 0.357. The summed E-state index contributed by atoms with van der Waals surface area (Å²) in [7, 11) is 0. The highest BCUT2D eigenvalue weighted by Gasteiger charge is 2.26. The molecule has 1 amide bonds. The number of benzene rings is 1. The van der Waals surface area contributed by atoms with E-state index in [4.69, 9.17) is 16.7 Å². The first-order chi connectivity index (χ1) is 8.70. The largest absolute Gasteiger partial charge is 0.394 e. The molecule has 1 unspecified atom stereocenters. The van der Waals surface area contributed by atoms with Crippen LogP contribution in [-0.4, -0.2) is 35.1 Å². The highest BCUT2D eigenvalue weighted by Crippen LogP contribution is 2.17. The molecule has 2 rings (SSSR count). The Morgan fingerprint density at radius 2 is 2.17 bits per heavy atom. The molecule has 1 saturated heterocycles. The van der Waals surface area contributed by atoms with Gasteiger partial charge in [0.25, 0.3) is 0 Å². The van der Waals surface area contributed by atoms with Gasteiger partial charge >= 0.3 is 0 Å². The van der Waals surface area contributed by atoms with E-state index in [2.05, 4.69) is 0 Å². The van der Waals surface area contributed by atoms with Crippen LogP contribution in [0.15, 0.2) is 30.3 Å². The third kappa shape index (κ3) is 3.12. The van der Waals surface area contributed by atoms with Crippen molar-refractivity contribution in [2.45, 2.75) is 18.9 Å². The van der Waals surface area contributed by atoms with Crippen molar-refractivity contribution in [2.24, 2.45) is 0 Å². The van der Waals surface area contributed by atoms with Crippen LogP contribution in [0.5, 0.6) is 0 Å². The molecule has 96 valence electrons. The SMILES string of the molecule is O=C(C=Cc1ccc(Cl)cc1)N1CCCC1CO. The topological polar surface area (TPSA) is 40.5 Å². The first kappa shape index (κ1) is 13.1. The molecule has 1 aromatic rings. The van der Waals surface area contributed by atoms with Gasteiger partial charge in [0.05, 0.1) is 12.6 Å². The van der Waals surface area contributed by atoms with Gasteiger partial charge in [-0.05, 0) is 36.6 Å². The summed E-state index contributed by atoms with van der Waals surface area (Å²) in [6, 6.07) is 7.28. The second-order valence-electron chi connectivity index (χ2n) is 4.40. The number of aliphatic hydroxyl groups excluding tert-OH is 1. The van der Waals surface area contributed by atoms with Gasteiger partial charge in [0, 0.05) is 17.6 Å². The molecule has 0 spiro atoms. The summed E-state index contributed by atoms with van der Waals surface area (Å²) in [5.74, 6) is -0.0403. The highest BCUT2D eigenvalue weighted by molar-refractivity contribution is 6.30. The van der Waals surface area contributed by atoms with Gasteiger partial charge in [-0.25, -0.2) is 0 Å². The molecule has 1 aromatic carbocycles. The molecular formula is C14H16ClNO2. The summed E-state index contributed by atoms with van der Waals surface area (Å²) in [6.07, 6.45) is 5.17. The summed E-state index contributed by atoms with van der Waals surface area (Å²) >= 11 is 5.79. The number of nitrogens with zero attached hydrogens (tertiary/aromatic N) is 1. The monoisotopic (exact) mass is 265 g/mol. The van der Waals surface area contributed by atoms with E-state index < -0.39 is 0 Å². The Bertz CT molecular complexity index is 442. The zero-order valence-corrected chi connectivity index (χ0v) is 10.8. The van der Waals surface area contributed by atoms with Gasteiger partial charge in [-0.1, -0.05) is 23.7 Å². The molecule has 1 atom stereocenters. The van der Waals surface area contributed by atoms with Crippen molar-refractivity contribution in [3.8, 4) is 0 Å². The Hall–Kier alpha value is -1.32. The molecule has 4 heteroatoms. The Morgan fingerprint density at radius 1 is 1.44 bits per heavy atom. The number of carbonyl (C=O) groups is 1. The van der Waals surface area contributed by atoms with Crippen LogP contribution in [0.3, 0.4) is 0 Å². The molecule has 18 heavy (non-hydrogen) atoms. The van der Waals surface area contributed by atoms with Gasteiger partial charge in [-0.15, -0.1) is 0 Å². The zero-order chi connectivity index (χ0) is 13.0. The maximum absolute atomic E-state index is 12.0. The summed E-state index contributed by atoms with van der Waals surface area (Å²) in [4.78, 5) is 13.7. The molecule has 1 aliphatic rings. The minimum absolute atomic E-state index is 0.0210. The smallest absolute Gasteiger partial charge is 0.246 e. The third-order valence-electron chi connectivity index (χ3n) is 3.16. The number of rotatable bonds is 3. The first-order valence-electron chi connectivity index (χ1n) is 6.06. The molecule has 0 bridgehead atoms. The van der Waals surface area contributed by atoms with Crippen LogP contribution in [0.25, 0.3) is 6.08 Å². The predicted octanol–water partition coefficient (Wildman–Crippen LogP) is 2.34. The molecule has 0 aromatic heterocycles. The Kier molecular flexibility index (Phi) is 4.39. The lowest BCUT2D eigenvalue weighted by Gasteiger charge is -2.21. The average Bonchev–Trinajstić information content (AvgIpc) is 2.86. The molecule has 1 aliphatic heterocycles. The van der Waals surface area contributed by atoms with E-state index >= 15 is 0 Å². The molecular weight excluding hydrogens is 250 g/mol. The molecule has 0 aliphatic carbocycles. The maximum atomic E-state index is 12.0. The lowest BCUT2D eigenvalue weighted by atomic mass is 10.2. The first-order valence-corrected chi connectivity index (χ1v) is 6.43. The van der Waals surface area contributed by atoms with Crippen molar-refractivity contribution in [2.75, 3.05) is 13.2 Å². The number of hydrogen-bond acceptors (Lipinski definition) is 2. The van der Waals surface area contributed by atoms with Crippen LogP contribution >= 0.6 is 11.6 Å². The van der Waals surface area contributed by atoms with E-state index in [1.165, 1.54) is 0 Å². The van der Waals surface area contributed by atoms with Gasteiger partial charge in [0.2, 0.25) is 5.91 Å². The van der Waals surface area contributed by atoms with E-state index in [0.717, 1.165) is 24.9 Å². The van der Waals surface area contributed by atoms with E-state index in [9.17, 15) is 4.79 Å². The second kappa shape index (κ2) is 6.03. The van der Waals surface area contributed by atoms with Crippen molar-refractivity contribution in [1.82, 2.24) is 4.90 Å². The minimum atomic E-state index is -0.0403. The Balaban J connectivity index is 2.00. The summed E-state index contributed by atoms with van der Waals surface area (Å²) < 4.78 is 0. The van der Waals surface area contributed by atoms with E-state index in [1.54, 1.807) is 29.2 Å². The highest BCUT2D eigenvalue weighted by atomic mass is 35.5. The summed E-state index contributed by atoms with van der Waals surface area (Å²) in [5, 5.41) is 9.85. The number of halogens is 1. The lowest BCUT2D eigenvalue weighted by molar-refractivity contribution is -0.127. The molecule has 3 nitrogen and oxygen atoms in total. The van der Waals surface area contributed by atoms with Gasteiger partial charge < -0.3 is 10.0 Å². The molecule has 1 heterocycles. The van der Waals surface area contributed by atoms with Crippen LogP contribution < -0.4 is 0 Å². The molecule has 1 N–H and O–H groups in total. The van der Waals surface area contributed by atoms with Crippen molar-refractivity contribution < 1.29 is 9.90 Å². The summed E-state index contributed by atoms with van der Waals surface area (Å²) in [5.41, 5.74) is 0.937. The number of aliphatic hydroxyl groups is 1. The third-order valence-corrected chi connectivity index (χ3v) is 3.41. The maximum Gasteiger partial charge on any atom is 0.246 e. The zero-order valence-electron chi connectivity index (χ0n) is 10.1. The Morgan fingerprint density at radius 3 is 2.83 bits per heavy atom. The fourth-order valence-corrected chi connectivity index (χ4v) is 2.28. The standard InChI is InChI=1S/C14H16ClNO2/c15-12-6-3-11(4-7-12)5-8-14(18)16-9-1-2-13(16)10-17/h3-8,13,17H,1-2,9-10H2. The van der Waals surface area contributed by atoms with Crippen LogP contribution in [0.1, 0.15) is 18.4 Å². The lowest BCUT2D eigenvalue weighted by Crippen LogP contribution is -2.36. The minimum Gasteiger partial charge on any atom is -0.394 e. The predicted molar refractivity (Wildman–Crippen MR) is 72.3 cm³/mol.